The number of hydrogen-bond acceptors (Lipinski definition) is 2. The number of benzene rings is 2. The molecule has 34 heavy (non-hydrogen) atoms. The number of allylic oxidation sites excluding steroid dienone is 1. The highest BCUT2D eigenvalue weighted by atomic mass is 35.5. The molecule has 1 unspecified atom stereocenters. The van der Waals surface area contributed by atoms with E-state index in [-0.39, 0.29) is 39.6 Å². The number of alkyl halides is 6. The Kier molecular flexibility index (Phi) is 10.3. The Labute approximate surface area is 211 Å². The Balaban J connectivity index is 0.00000578. The zero-order valence-corrected chi connectivity index (χ0v) is 20.1. The second-order valence-electron chi connectivity index (χ2n) is 7.20. The van der Waals surface area contributed by atoms with Gasteiger partial charge in [-0.15, -0.1) is 12.4 Å². The average Bonchev–Trinajstić information content (AvgIpc) is 2.67. The molecule has 2 nitrogen and oxygen atoms in total. The van der Waals surface area contributed by atoms with Gasteiger partial charge in [-0.25, -0.2) is 4.39 Å². The van der Waals surface area contributed by atoms with Crippen molar-refractivity contribution in [2.75, 3.05) is 0 Å². The van der Waals surface area contributed by atoms with Crippen molar-refractivity contribution in [3.05, 3.63) is 73.7 Å². The SMILES string of the molecule is C[C@H](N)CC(=O)c1ccc(/C(F)=C/C(c2cc(Cl)c(Cl)c(Cl)c2)C(F)(F)F)cc1C(F)(F)F.Cl. The zero-order valence-electron chi connectivity index (χ0n) is 17.0. The maximum absolute atomic E-state index is 14.8. The molecule has 0 amide bonds. The summed E-state index contributed by atoms with van der Waals surface area (Å²) < 4.78 is 96.2. The van der Waals surface area contributed by atoms with E-state index >= 15 is 0 Å². The summed E-state index contributed by atoms with van der Waals surface area (Å²) in [6.45, 7) is 1.41. The van der Waals surface area contributed by atoms with Gasteiger partial charge in [-0.1, -0.05) is 46.9 Å². The van der Waals surface area contributed by atoms with Gasteiger partial charge in [0.15, 0.2) is 5.78 Å². The molecule has 13 heteroatoms. The van der Waals surface area contributed by atoms with Crippen LogP contribution < -0.4 is 5.73 Å². The number of halogens is 11. The molecule has 2 atom stereocenters. The Bertz CT molecular complexity index is 1060. The smallest absolute Gasteiger partial charge is 0.328 e. The second-order valence-corrected chi connectivity index (χ2v) is 8.39. The van der Waals surface area contributed by atoms with Crippen LogP contribution in [-0.4, -0.2) is 18.0 Å². The van der Waals surface area contributed by atoms with Crippen LogP contribution in [0.2, 0.25) is 15.1 Å². The molecule has 0 fully saturated rings. The quantitative estimate of drug-likeness (QED) is 0.214. The van der Waals surface area contributed by atoms with E-state index in [1.807, 2.05) is 0 Å². The van der Waals surface area contributed by atoms with Crippen LogP contribution in [0, 0.1) is 0 Å². The molecule has 0 radical (unpaired) electrons. The lowest BCUT2D eigenvalue weighted by molar-refractivity contribution is -0.140. The van der Waals surface area contributed by atoms with Crippen molar-refractivity contribution in [2.24, 2.45) is 5.73 Å². The van der Waals surface area contributed by atoms with E-state index in [9.17, 15) is 35.5 Å². The van der Waals surface area contributed by atoms with Crippen LogP contribution >= 0.6 is 47.2 Å². The van der Waals surface area contributed by atoms with Crippen LogP contribution in [0.25, 0.3) is 5.83 Å². The Morgan fingerprint density at radius 2 is 1.56 bits per heavy atom. The molecule has 0 aliphatic rings. The fourth-order valence-electron chi connectivity index (χ4n) is 2.95. The van der Waals surface area contributed by atoms with Crippen molar-refractivity contribution in [3.8, 4) is 0 Å². The van der Waals surface area contributed by atoms with E-state index in [0.29, 0.717) is 6.07 Å². The highest BCUT2D eigenvalue weighted by Crippen LogP contribution is 2.42. The van der Waals surface area contributed by atoms with Gasteiger partial charge in [-0.05, 0) is 36.8 Å². The molecular formula is C21H16Cl4F7NO. The standard InChI is InChI=1S/C21H15Cl3F7NO.ClH/c1-9(32)4-18(33)12-3-2-10(5-14(12)21(29,30)31)17(25)8-13(20(26,27)28)11-6-15(22)19(24)16(23)7-11;/h2-3,5-9,13H,4,32H2,1H3;1H/b17-8-;/t9-,13?;/m0./s1. The largest absolute Gasteiger partial charge is 0.417 e. The van der Waals surface area contributed by atoms with Crippen LogP contribution in [0.4, 0.5) is 30.7 Å². The summed E-state index contributed by atoms with van der Waals surface area (Å²) in [6, 6.07) is 2.68. The second kappa shape index (κ2) is 11.5. The molecule has 2 rings (SSSR count). The van der Waals surface area contributed by atoms with Crippen LogP contribution in [0.15, 0.2) is 36.4 Å². The summed E-state index contributed by atoms with van der Waals surface area (Å²) in [5.41, 5.74) is 1.81. The highest BCUT2D eigenvalue weighted by Gasteiger charge is 2.41. The predicted molar refractivity (Wildman–Crippen MR) is 121 cm³/mol. The lowest BCUT2D eigenvalue weighted by Crippen LogP contribution is -2.22. The highest BCUT2D eigenvalue weighted by molar-refractivity contribution is 6.48. The molecule has 0 spiro atoms. The van der Waals surface area contributed by atoms with Gasteiger partial charge >= 0.3 is 12.4 Å². The van der Waals surface area contributed by atoms with Crippen molar-refractivity contribution < 1.29 is 35.5 Å². The molecule has 0 saturated heterocycles. The fourth-order valence-corrected chi connectivity index (χ4v) is 3.56. The van der Waals surface area contributed by atoms with Gasteiger partial charge in [0.1, 0.15) is 11.7 Å². The minimum absolute atomic E-state index is 0. The Morgan fingerprint density at radius 3 is 2.00 bits per heavy atom. The van der Waals surface area contributed by atoms with Gasteiger partial charge in [0.2, 0.25) is 0 Å². The van der Waals surface area contributed by atoms with Crippen LogP contribution in [0.5, 0.6) is 0 Å². The maximum atomic E-state index is 14.8. The van der Waals surface area contributed by atoms with E-state index < -0.39 is 64.6 Å². The van der Waals surface area contributed by atoms with Gasteiger partial charge in [0.25, 0.3) is 0 Å². The number of ketones is 1. The molecule has 0 bridgehead atoms. The number of Topliss-reactive ketones (excluding diaryl/α,β-unsaturated/α-hetero) is 1. The minimum atomic E-state index is -5.07. The molecule has 0 saturated carbocycles. The number of carbonyl (C=O) groups excluding carboxylic acids is 1. The zero-order chi connectivity index (χ0) is 25.3. The fraction of sp³-hybridized carbons (Fsp3) is 0.286. The van der Waals surface area contributed by atoms with Gasteiger partial charge in [-0.3, -0.25) is 4.79 Å². The van der Waals surface area contributed by atoms with Crippen LogP contribution in [0.3, 0.4) is 0 Å². The van der Waals surface area contributed by atoms with Crippen molar-refractivity contribution in [2.45, 2.75) is 37.7 Å². The van der Waals surface area contributed by atoms with Gasteiger partial charge in [-0.2, -0.15) is 26.3 Å². The summed E-state index contributed by atoms with van der Waals surface area (Å²) in [7, 11) is 0. The third kappa shape index (κ3) is 7.49. The Hall–Kier alpha value is -1.52. The third-order valence-corrected chi connectivity index (χ3v) is 5.64. The average molecular weight is 573 g/mol. The first kappa shape index (κ1) is 30.5. The van der Waals surface area contributed by atoms with Crippen molar-refractivity contribution in [1.29, 1.82) is 0 Å². The molecular weight excluding hydrogens is 557 g/mol. The maximum Gasteiger partial charge on any atom is 0.417 e. The monoisotopic (exact) mass is 571 g/mol. The predicted octanol–water partition coefficient (Wildman–Crippen LogP) is 8.66. The number of carbonyl (C=O) groups is 1. The van der Waals surface area contributed by atoms with E-state index in [2.05, 4.69) is 0 Å². The summed E-state index contributed by atoms with van der Waals surface area (Å²) >= 11 is 17.2. The molecule has 0 heterocycles. The summed E-state index contributed by atoms with van der Waals surface area (Å²) in [6.07, 6.45) is -10.4. The first-order valence-corrected chi connectivity index (χ1v) is 10.2. The van der Waals surface area contributed by atoms with Gasteiger partial charge in [0.05, 0.1) is 20.6 Å². The first-order chi connectivity index (χ1) is 15.0. The van der Waals surface area contributed by atoms with E-state index in [4.69, 9.17) is 40.5 Å². The molecule has 0 aliphatic heterocycles. The van der Waals surface area contributed by atoms with Crippen LogP contribution in [0.1, 0.15) is 46.3 Å². The van der Waals surface area contributed by atoms with Crippen molar-refractivity contribution in [3.63, 3.8) is 0 Å². The normalized spacial score (nSPS) is 14.4. The van der Waals surface area contributed by atoms with Crippen molar-refractivity contribution in [1.82, 2.24) is 0 Å². The number of rotatable bonds is 6. The van der Waals surface area contributed by atoms with Gasteiger partial charge in [0, 0.05) is 23.6 Å². The third-order valence-electron chi connectivity index (χ3n) is 4.44. The number of nitrogens with two attached hydrogens (primary N) is 1. The lowest BCUT2D eigenvalue weighted by atomic mass is 9.94. The first-order valence-electron chi connectivity index (χ1n) is 9.11. The molecule has 2 N–H and O–H groups in total. The summed E-state index contributed by atoms with van der Waals surface area (Å²) in [4.78, 5) is 12.1. The summed E-state index contributed by atoms with van der Waals surface area (Å²) in [5, 5.41) is -0.855. The van der Waals surface area contributed by atoms with Gasteiger partial charge < -0.3 is 5.73 Å². The number of hydrogen-bond donors (Lipinski definition) is 1. The van der Waals surface area contributed by atoms with Crippen molar-refractivity contribution >= 4 is 58.8 Å². The van der Waals surface area contributed by atoms with Crippen LogP contribution in [-0.2, 0) is 6.18 Å². The van der Waals surface area contributed by atoms with E-state index in [0.717, 1.165) is 18.2 Å². The minimum Gasteiger partial charge on any atom is -0.328 e. The molecule has 0 aromatic heterocycles. The molecule has 2 aromatic carbocycles. The summed E-state index contributed by atoms with van der Waals surface area (Å²) in [5.74, 6) is -5.14. The topological polar surface area (TPSA) is 43.1 Å². The molecule has 2 aromatic rings. The Morgan fingerprint density at radius 1 is 1.03 bits per heavy atom. The van der Waals surface area contributed by atoms with E-state index in [1.54, 1.807) is 0 Å². The molecule has 0 aliphatic carbocycles. The lowest BCUT2D eigenvalue weighted by Gasteiger charge is -2.19. The van der Waals surface area contributed by atoms with E-state index in [1.165, 1.54) is 6.92 Å². The molecule has 188 valence electrons.